The van der Waals surface area contributed by atoms with Gasteiger partial charge in [0.15, 0.2) is 0 Å². The maximum absolute atomic E-state index is 13.2. The quantitative estimate of drug-likeness (QED) is 0.676. The first-order valence-electron chi connectivity index (χ1n) is 9.89. The summed E-state index contributed by atoms with van der Waals surface area (Å²) in [6.45, 7) is 5.61. The van der Waals surface area contributed by atoms with Crippen molar-refractivity contribution in [3.63, 3.8) is 0 Å². The molecule has 6 heteroatoms. The van der Waals surface area contributed by atoms with Gasteiger partial charge in [-0.25, -0.2) is 13.1 Å². The Balaban J connectivity index is 1.62. The molecule has 1 fully saturated rings. The molecule has 0 radical (unpaired) electrons. The number of benzene rings is 3. The van der Waals surface area contributed by atoms with E-state index in [4.69, 9.17) is 4.74 Å². The lowest BCUT2D eigenvalue weighted by Crippen LogP contribution is -2.43. The standard InChI is InChI=1S/C23H26N2O3S/c1-18-6-8-20(9-7-18)23(17-25-12-14-28-15-13-25)24-29(26,27)22-11-10-19-4-2-3-5-21(19)16-22/h2-11,16,23-24H,12-15,17H2,1H3/t23-/m0/s1. The number of hydrogen-bond acceptors (Lipinski definition) is 4. The topological polar surface area (TPSA) is 58.6 Å². The Hall–Kier alpha value is -2.25. The van der Waals surface area contributed by atoms with Gasteiger partial charge in [0.25, 0.3) is 0 Å². The zero-order chi connectivity index (χ0) is 20.3. The molecule has 3 aromatic carbocycles. The van der Waals surface area contributed by atoms with Crippen LogP contribution in [0.2, 0.25) is 0 Å². The molecule has 0 unspecified atom stereocenters. The molecule has 152 valence electrons. The molecule has 0 saturated carbocycles. The van der Waals surface area contributed by atoms with Crippen LogP contribution in [0.3, 0.4) is 0 Å². The van der Waals surface area contributed by atoms with Crippen molar-refractivity contribution >= 4 is 20.8 Å². The fourth-order valence-electron chi connectivity index (χ4n) is 3.64. The molecule has 0 spiro atoms. The van der Waals surface area contributed by atoms with Gasteiger partial charge >= 0.3 is 0 Å². The van der Waals surface area contributed by atoms with Crippen LogP contribution in [0.4, 0.5) is 0 Å². The summed E-state index contributed by atoms with van der Waals surface area (Å²) in [6.07, 6.45) is 0. The number of fused-ring (bicyclic) bond motifs is 1. The summed E-state index contributed by atoms with van der Waals surface area (Å²) in [5.41, 5.74) is 2.11. The predicted molar refractivity (Wildman–Crippen MR) is 115 cm³/mol. The lowest BCUT2D eigenvalue weighted by Gasteiger charge is -2.31. The molecule has 1 atom stereocenters. The van der Waals surface area contributed by atoms with Gasteiger partial charge in [-0.3, -0.25) is 4.90 Å². The number of nitrogens with one attached hydrogen (secondary N) is 1. The summed E-state index contributed by atoms with van der Waals surface area (Å²) in [5.74, 6) is 0. The van der Waals surface area contributed by atoms with E-state index in [1.807, 2.05) is 61.5 Å². The average molecular weight is 411 g/mol. The van der Waals surface area contributed by atoms with Crippen molar-refractivity contribution in [3.8, 4) is 0 Å². The summed E-state index contributed by atoms with van der Waals surface area (Å²) in [7, 11) is -3.67. The van der Waals surface area contributed by atoms with Gasteiger partial charge < -0.3 is 4.74 Å². The first kappa shape index (κ1) is 20.0. The fourth-order valence-corrected chi connectivity index (χ4v) is 4.89. The first-order valence-corrected chi connectivity index (χ1v) is 11.4. The van der Waals surface area contributed by atoms with Gasteiger partial charge in [0, 0.05) is 19.6 Å². The summed E-state index contributed by atoms with van der Waals surface area (Å²) < 4.78 is 34.8. The normalized spacial score (nSPS) is 16.7. The van der Waals surface area contributed by atoms with E-state index >= 15 is 0 Å². The van der Waals surface area contributed by atoms with Crippen LogP contribution < -0.4 is 4.72 Å². The van der Waals surface area contributed by atoms with Crippen LogP contribution in [0.25, 0.3) is 10.8 Å². The molecule has 0 aliphatic carbocycles. The number of morpholine rings is 1. The van der Waals surface area contributed by atoms with Crippen molar-refractivity contribution in [2.24, 2.45) is 0 Å². The van der Waals surface area contributed by atoms with Crippen LogP contribution in [0.5, 0.6) is 0 Å². The Bertz CT molecular complexity index is 1070. The van der Waals surface area contributed by atoms with E-state index in [9.17, 15) is 8.42 Å². The van der Waals surface area contributed by atoms with Crippen molar-refractivity contribution in [1.82, 2.24) is 9.62 Å². The Kier molecular flexibility index (Phi) is 5.96. The molecule has 1 heterocycles. The van der Waals surface area contributed by atoms with Crippen molar-refractivity contribution < 1.29 is 13.2 Å². The monoisotopic (exact) mass is 410 g/mol. The fraction of sp³-hybridized carbons (Fsp3) is 0.304. The van der Waals surface area contributed by atoms with Gasteiger partial charge in [0.05, 0.1) is 24.2 Å². The van der Waals surface area contributed by atoms with E-state index in [1.165, 1.54) is 0 Å². The first-order chi connectivity index (χ1) is 14.0. The Morgan fingerprint density at radius 2 is 1.66 bits per heavy atom. The van der Waals surface area contributed by atoms with E-state index in [2.05, 4.69) is 9.62 Å². The highest BCUT2D eigenvalue weighted by molar-refractivity contribution is 7.89. The van der Waals surface area contributed by atoms with Gasteiger partial charge in [0.1, 0.15) is 0 Å². The maximum Gasteiger partial charge on any atom is 0.241 e. The average Bonchev–Trinajstić information content (AvgIpc) is 2.74. The van der Waals surface area contributed by atoms with Gasteiger partial charge in [-0.05, 0) is 35.4 Å². The maximum atomic E-state index is 13.2. The summed E-state index contributed by atoms with van der Waals surface area (Å²) in [4.78, 5) is 2.53. The van der Waals surface area contributed by atoms with E-state index in [0.29, 0.717) is 19.8 Å². The summed E-state index contributed by atoms with van der Waals surface area (Å²) in [5, 5.41) is 1.94. The predicted octanol–water partition coefficient (Wildman–Crippen LogP) is 3.50. The third-order valence-corrected chi connectivity index (χ3v) is 6.82. The second kappa shape index (κ2) is 8.63. The Morgan fingerprint density at radius 3 is 2.38 bits per heavy atom. The molecule has 1 aliphatic rings. The van der Waals surface area contributed by atoms with E-state index in [1.54, 1.807) is 12.1 Å². The number of ether oxygens (including phenoxy) is 1. The van der Waals surface area contributed by atoms with E-state index in [0.717, 1.165) is 35.0 Å². The second-order valence-corrected chi connectivity index (χ2v) is 9.22. The highest BCUT2D eigenvalue weighted by Crippen LogP contribution is 2.23. The zero-order valence-electron chi connectivity index (χ0n) is 16.5. The molecule has 0 bridgehead atoms. The van der Waals surface area contributed by atoms with Gasteiger partial charge in [0.2, 0.25) is 10.0 Å². The molecule has 1 N–H and O–H groups in total. The highest BCUT2D eigenvalue weighted by Gasteiger charge is 2.24. The smallest absolute Gasteiger partial charge is 0.241 e. The largest absolute Gasteiger partial charge is 0.379 e. The zero-order valence-corrected chi connectivity index (χ0v) is 17.4. The van der Waals surface area contributed by atoms with E-state index in [-0.39, 0.29) is 10.9 Å². The second-order valence-electron chi connectivity index (χ2n) is 7.51. The van der Waals surface area contributed by atoms with Crippen molar-refractivity contribution in [3.05, 3.63) is 77.9 Å². The molecule has 29 heavy (non-hydrogen) atoms. The number of hydrogen-bond donors (Lipinski definition) is 1. The summed E-state index contributed by atoms with van der Waals surface area (Å²) >= 11 is 0. The Morgan fingerprint density at radius 1 is 0.966 bits per heavy atom. The minimum atomic E-state index is -3.67. The minimum Gasteiger partial charge on any atom is -0.379 e. The van der Waals surface area contributed by atoms with Crippen LogP contribution in [0.1, 0.15) is 17.2 Å². The van der Waals surface area contributed by atoms with Crippen LogP contribution in [-0.2, 0) is 14.8 Å². The molecule has 0 aromatic heterocycles. The third kappa shape index (κ3) is 4.85. The lowest BCUT2D eigenvalue weighted by atomic mass is 10.1. The van der Waals surface area contributed by atoms with Gasteiger partial charge in [-0.15, -0.1) is 0 Å². The molecular weight excluding hydrogens is 384 g/mol. The van der Waals surface area contributed by atoms with E-state index < -0.39 is 10.0 Å². The van der Waals surface area contributed by atoms with Gasteiger partial charge in [-0.1, -0.05) is 60.2 Å². The van der Waals surface area contributed by atoms with Crippen LogP contribution in [0, 0.1) is 6.92 Å². The SMILES string of the molecule is Cc1ccc([C@H](CN2CCOCC2)NS(=O)(=O)c2ccc3ccccc3c2)cc1. The molecular formula is C23H26N2O3S. The number of rotatable bonds is 6. The molecule has 5 nitrogen and oxygen atoms in total. The number of aryl methyl sites for hydroxylation is 1. The Labute approximate surface area is 172 Å². The van der Waals surface area contributed by atoms with Crippen LogP contribution >= 0.6 is 0 Å². The van der Waals surface area contributed by atoms with Crippen molar-refractivity contribution in [1.29, 1.82) is 0 Å². The third-order valence-electron chi connectivity index (χ3n) is 5.35. The van der Waals surface area contributed by atoms with Crippen molar-refractivity contribution in [2.75, 3.05) is 32.8 Å². The molecule has 3 aromatic rings. The van der Waals surface area contributed by atoms with Crippen molar-refractivity contribution in [2.45, 2.75) is 17.9 Å². The molecule has 0 amide bonds. The number of sulfonamides is 1. The molecule has 4 rings (SSSR count). The van der Waals surface area contributed by atoms with Gasteiger partial charge in [-0.2, -0.15) is 0 Å². The van der Waals surface area contributed by atoms with Crippen LogP contribution in [0.15, 0.2) is 71.6 Å². The minimum absolute atomic E-state index is 0.287. The molecule has 1 saturated heterocycles. The highest BCUT2D eigenvalue weighted by atomic mass is 32.2. The summed E-state index contributed by atoms with van der Waals surface area (Å²) in [6, 6.07) is 20.8. The number of nitrogens with zero attached hydrogens (tertiary/aromatic N) is 1. The molecule has 1 aliphatic heterocycles. The lowest BCUT2D eigenvalue weighted by molar-refractivity contribution is 0.0345. The van der Waals surface area contributed by atoms with Crippen LogP contribution in [-0.4, -0.2) is 46.2 Å².